The Bertz CT molecular complexity index is 1280. The summed E-state index contributed by atoms with van der Waals surface area (Å²) < 4.78 is 33.9. The van der Waals surface area contributed by atoms with Crippen LogP contribution in [-0.4, -0.2) is 66.8 Å². The van der Waals surface area contributed by atoms with Gasteiger partial charge in [0.25, 0.3) is 5.91 Å². The number of hydrogen-bond acceptors (Lipinski definition) is 5. The second kappa shape index (κ2) is 9.99. The van der Waals surface area contributed by atoms with Gasteiger partial charge in [-0.05, 0) is 56.0 Å². The molecule has 2 aliphatic heterocycles. The number of benzene rings is 2. The first-order valence-corrected chi connectivity index (χ1v) is 13.8. The largest absolute Gasteiger partial charge is 0.495 e. The molecule has 0 saturated carbocycles. The van der Waals surface area contributed by atoms with Gasteiger partial charge in [-0.1, -0.05) is 25.0 Å². The lowest BCUT2D eigenvalue weighted by molar-refractivity contribution is 0.0704. The molecule has 2 saturated heterocycles. The molecule has 2 aromatic carbocycles. The van der Waals surface area contributed by atoms with Crippen LogP contribution >= 0.6 is 0 Å². The van der Waals surface area contributed by atoms with E-state index in [9.17, 15) is 13.2 Å². The summed E-state index contributed by atoms with van der Waals surface area (Å²) in [5.41, 5.74) is 2.28. The highest BCUT2D eigenvalue weighted by Gasteiger charge is 2.31. The maximum absolute atomic E-state index is 13.5. The van der Waals surface area contributed by atoms with Gasteiger partial charge in [-0.2, -0.15) is 4.31 Å². The molecular weight excluding hydrogens is 464 g/mol. The molecule has 0 radical (unpaired) electrons. The third kappa shape index (κ3) is 4.79. The van der Waals surface area contributed by atoms with E-state index in [-0.39, 0.29) is 22.5 Å². The molecule has 3 aromatic rings. The highest BCUT2D eigenvalue weighted by molar-refractivity contribution is 7.89. The van der Waals surface area contributed by atoms with Crippen LogP contribution in [0, 0.1) is 0 Å². The third-order valence-electron chi connectivity index (χ3n) is 7.10. The fourth-order valence-electron chi connectivity index (χ4n) is 5.17. The summed E-state index contributed by atoms with van der Waals surface area (Å²) in [6, 6.07) is 12.7. The Kier molecular flexibility index (Phi) is 6.80. The molecule has 2 fully saturated rings. The second-order valence-corrected chi connectivity index (χ2v) is 11.3. The summed E-state index contributed by atoms with van der Waals surface area (Å²) in [4.78, 5) is 23.5. The highest BCUT2D eigenvalue weighted by Crippen LogP contribution is 2.32. The zero-order valence-corrected chi connectivity index (χ0v) is 20.9. The van der Waals surface area contributed by atoms with Crippen molar-refractivity contribution >= 4 is 27.0 Å². The fraction of sp³-hybridized carbons (Fsp3) is 0.462. The molecule has 1 N–H and O–H groups in total. The number of amides is 1. The summed E-state index contributed by atoms with van der Waals surface area (Å²) in [7, 11) is -2.30. The number of ether oxygens (including phenoxy) is 1. The molecule has 1 aromatic heterocycles. The maximum atomic E-state index is 13.5. The van der Waals surface area contributed by atoms with Crippen LogP contribution in [0.2, 0.25) is 0 Å². The Morgan fingerprint density at radius 2 is 1.80 bits per heavy atom. The minimum Gasteiger partial charge on any atom is -0.495 e. The summed E-state index contributed by atoms with van der Waals surface area (Å²) in [6.07, 6.45) is 5.56. The van der Waals surface area contributed by atoms with Crippen molar-refractivity contribution < 1.29 is 17.9 Å². The standard InChI is InChI=1S/C26H32N4O4S/c1-34-23-13-12-19(17-24(23)35(32,33)30-15-6-2-3-7-16-30)26(31)29-14-8-9-20(18-29)25-27-21-10-4-5-11-22(21)28-25/h4-5,10-13,17,20H,2-3,6-9,14-16,18H2,1H3,(H,27,28). The van der Waals surface area contributed by atoms with Crippen LogP contribution in [0.1, 0.15) is 60.6 Å². The number of methoxy groups -OCH3 is 1. The van der Waals surface area contributed by atoms with E-state index in [4.69, 9.17) is 9.72 Å². The molecule has 186 valence electrons. The Morgan fingerprint density at radius 3 is 2.54 bits per heavy atom. The lowest BCUT2D eigenvalue weighted by Gasteiger charge is -2.32. The average molecular weight is 497 g/mol. The highest BCUT2D eigenvalue weighted by atomic mass is 32.2. The number of nitrogens with zero attached hydrogens (tertiary/aromatic N) is 3. The number of piperidine rings is 1. The van der Waals surface area contributed by atoms with Crippen LogP contribution in [0.4, 0.5) is 0 Å². The number of para-hydroxylation sites is 2. The van der Waals surface area contributed by atoms with Gasteiger partial charge in [0.05, 0.1) is 18.1 Å². The van der Waals surface area contributed by atoms with Gasteiger partial charge in [0.2, 0.25) is 10.0 Å². The van der Waals surface area contributed by atoms with Gasteiger partial charge in [-0.15, -0.1) is 0 Å². The number of aromatic amines is 1. The lowest BCUT2D eigenvalue weighted by atomic mass is 9.96. The molecule has 9 heteroatoms. The SMILES string of the molecule is COc1ccc(C(=O)N2CCCC(c3nc4ccccc4[nH]3)C2)cc1S(=O)(=O)N1CCCCCC1. The second-order valence-electron chi connectivity index (χ2n) is 9.41. The lowest BCUT2D eigenvalue weighted by Crippen LogP contribution is -2.39. The van der Waals surface area contributed by atoms with Crippen molar-refractivity contribution in [1.82, 2.24) is 19.2 Å². The van der Waals surface area contributed by atoms with E-state index >= 15 is 0 Å². The zero-order chi connectivity index (χ0) is 24.4. The molecule has 3 heterocycles. The number of sulfonamides is 1. The number of fused-ring (bicyclic) bond motifs is 1. The first-order chi connectivity index (χ1) is 17.0. The quantitative estimate of drug-likeness (QED) is 0.572. The van der Waals surface area contributed by atoms with Gasteiger partial charge in [-0.25, -0.2) is 13.4 Å². The van der Waals surface area contributed by atoms with E-state index in [1.54, 1.807) is 12.1 Å². The van der Waals surface area contributed by atoms with E-state index in [0.717, 1.165) is 55.4 Å². The number of hydrogen-bond donors (Lipinski definition) is 1. The Hall–Kier alpha value is -2.91. The Morgan fingerprint density at radius 1 is 1.03 bits per heavy atom. The zero-order valence-electron chi connectivity index (χ0n) is 20.1. The maximum Gasteiger partial charge on any atom is 0.253 e. The minimum atomic E-state index is -3.76. The van der Waals surface area contributed by atoms with E-state index < -0.39 is 10.0 Å². The summed E-state index contributed by atoms with van der Waals surface area (Å²) >= 11 is 0. The first kappa shape index (κ1) is 23.8. The molecule has 8 nitrogen and oxygen atoms in total. The normalized spacial score (nSPS) is 20.0. The number of nitrogens with one attached hydrogen (secondary N) is 1. The van der Waals surface area contributed by atoms with Crippen molar-refractivity contribution in [2.75, 3.05) is 33.3 Å². The van der Waals surface area contributed by atoms with Crippen LogP contribution in [0.3, 0.4) is 0 Å². The number of imidazole rings is 1. The molecule has 1 unspecified atom stereocenters. The van der Waals surface area contributed by atoms with Gasteiger partial charge >= 0.3 is 0 Å². The topological polar surface area (TPSA) is 95.6 Å². The molecule has 0 aliphatic carbocycles. The van der Waals surface area contributed by atoms with Gasteiger partial charge < -0.3 is 14.6 Å². The molecule has 1 atom stereocenters. The van der Waals surface area contributed by atoms with Crippen molar-refractivity contribution in [3.05, 3.63) is 53.9 Å². The fourth-order valence-corrected chi connectivity index (χ4v) is 6.86. The predicted octanol–water partition coefficient (Wildman–Crippen LogP) is 4.16. The van der Waals surface area contributed by atoms with Crippen molar-refractivity contribution in [2.45, 2.75) is 49.3 Å². The molecule has 5 rings (SSSR count). The van der Waals surface area contributed by atoms with Gasteiger partial charge in [0.1, 0.15) is 16.5 Å². The van der Waals surface area contributed by atoms with Crippen molar-refractivity contribution in [3.63, 3.8) is 0 Å². The van der Waals surface area contributed by atoms with Crippen molar-refractivity contribution in [1.29, 1.82) is 0 Å². The summed E-state index contributed by atoms with van der Waals surface area (Å²) in [5, 5.41) is 0. The predicted molar refractivity (Wildman–Crippen MR) is 134 cm³/mol. The number of H-pyrrole nitrogens is 1. The third-order valence-corrected chi connectivity index (χ3v) is 9.02. The first-order valence-electron chi connectivity index (χ1n) is 12.4. The minimum absolute atomic E-state index is 0.0681. The molecule has 1 amide bonds. The number of carbonyl (C=O) groups is 1. The van der Waals surface area contributed by atoms with Gasteiger partial charge in [-0.3, -0.25) is 4.79 Å². The number of likely N-dealkylation sites (tertiary alicyclic amines) is 1. The average Bonchev–Trinajstić information content (AvgIpc) is 3.13. The van der Waals surface area contributed by atoms with Gasteiger partial charge in [0.15, 0.2) is 0 Å². The summed E-state index contributed by atoms with van der Waals surface area (Å²) in [5.74, 6) is 1.10. The Balaban J connectivity index is 1.39. The molecule has 0 bridgehead atoms. The molecule has 35 heavy (non-hydrogen) atoms. The van der Waals surface area contributed by atoms with Crippen molar-refractivity contribution in [3.8, 4) is 5.75 Å². The molecule has 2 aliphatic rings. The van der Waals surface area contributed by atoms with Crippen LogP contribution in [0.25, 0.3) is 11.0 Å². The smallest absolute Gasteiger partial charge is 0.253 e. The van der Waals surface area contributed by atoms with E-state index in [0.29, 0.717) is 31.7 Å². The van der Waals surface area contributed by atoms with Crippen LogP contribution in [0.15, 0.2) is 47.4 Å². The Labute approximate surface area is 206 Å². The monoisotopic (exact) mass is 496 g/mol. The van der Waals surface area contributed by atoms with Crippen LogP contribution in [0.5, 0.6) is 5.75 Å². The number of aromatic nitrogens is 2. The van der Waals surface area contributed by atoms with Crippen molar-refractivity contribution in [2.24, 2.45) is 0 Å². The van der Waals surface area contributed by atoms with Crippen LogP contribution < -0.4 is 4.74 Å². The van der Waals surface area contributed by atoms with E-state index in [1.165, 1.54) is 17.5 Å². The number of carbonyl (C=O) groups excluding carboxylic acids is 1. The molecular formula is C26H32N4O4S. The summed E-state index contributed by atoms with van der Waals surface area (Å²) in [6.45, 7) is 2.17. The van der Waals surface area contributed by atoms with E-state index in [1.807, 2.05) is 29.2 Å². The van der Waals surface area contributed by atoms with Crippen LogP contribution in [-0.2, 0) is 10.0 Å². The van der Waals surface area contributed by atoms with Gasteiger partial charge in [0, 0.05) is 37.7 Å². The van der Waals surface area contributed by atoms with E-state index in [2.05, 4.69) is 4.98 Å². The number of rotatable bonds is 5. The molecule has 0 spiro atoms.